The van der Waals surface area contributed by atoms with E-state index in [2.05, 4.69) is 22.1 Å². The molecule has 1 fully saturated rings. The third-order valence-electron chi connectivity index (χ3n) is 2.68. The summed E-state index contributed by atoms with van der Waals surface area (Å²) in [4.78, 5) is 6.18. The summed E-state index contributed by atoms with van der Waals surface area (Å²) in [5.74, 6) is 0.267. The lowest BCUT2D eigenvalue weighted by atomic mass is 10.1. The number of pyridine rings is 1. The third-order valence-corrected chi connectivity index (χ3v) is 2.68. The lowest BCUT2D eigenvalue weighted by Gasteiger charge is -2.39. The Bertz CT molecular complexity index is 325. The van der Waals surface area contributed by atoms with Crippen LogP contribution in [0.25, 0.3) is 0 Å². The minimum absolute atomic E-state index is 0.224. The molecule has 0 aliphatic carbocycles. The molecule has 1 aromatic rings. The fourth-order valence-electron chi connectivity index (χ4n) is 1.78. The minimum atomic E-state index is -0.224. The monoisotopic (exact) mass is 209 g/mol. The molecular formula is C11H16FN3. The first-order chi connectivity index (χ1) is 7.33. The van der Waals surface area contributed by atoms with E-state index in [0.29, 0.717) is 11.9 Å². The predicted molar refractivity (Wildman–Crippen MR) is 58.5 cm³/mol. The summed E-state index contributed by atoms with van der Waals surface area (Å²) in [7, 11) is 0. The molecule has 1 aliphatic rings. The van der Waals surface area contributed by atoms with Crippen LogP contribution in [-0.4, -0.2) is 30.7 Å². The van der Waals surface area contributed by atoms with Crippen molar-refractivity contribution in [1.29, 1.82) is 0 Å². The summed E-state index contributed by atoms with van der Waals surface area (Å²) in [6.45, 7) is 4.81. The smallest absolute Gasteiger partial charge is 0.165 e. The van der Waals surface area contributed by atoms with Crippen LogP contribution in [0.4, 0.5) is 10.2 Å². The number of nitrogens with one attached hydrogen (secondary N) is 1. The molecule has 3 nitrogen and oxygen atoms in total. The van der Waals surface area contributed by atoms with E-state index in [4.69, 9.17) is 0 Å². The maximum Gasteiger partial charge on any atom is 0.165 e. The molecule has 15 heavy (non-hydrogen) atoms. The van der Waals surface area contributed by atoms with Crippen LogP contribution < -0.4 is 10.2 Å². The van der Waals surface area contributed by atoms with Crippen LogP contribution in [0.2, 0.25) is 0 Å². The second-order valence-corrected chi connectivity index (χ2v) is 3.81. The van der Waals surface area contributed by atoms with E-state index >= 15 is 0 Å². The molecule has 1 saturated heterocycles. The van der Waals surface area contributed by atoms with Crippen LogP contribution in [0.5, 0.6) is 0 Å². The Kier molecular flexibility index (Phi) is 3.16. The van der Waals surface area contributed by atoms with Gasteiger partial charge >= 0.3 is 0 Å². The zero-order valence-electron chi connectivity index (χ0n) is 8.91. The highest BCUT2D eigenvalue weighted by molar-refractivity contribution is 5.41. The molecular weight excluding hydrogens is 193 g/mol. The van der Waals surface area contributed by atoms with E-state index in [-0.39, 0.29) is 5.82 Å². The molecule has 4 heteroatoms. The molecule has 0 aromatic carbocycles. The van der Waals surface area contributed by atoms with E-state index in [1.54, 1.807) is 12.3 Å². The van der Waals surface area contributed by atoms with Crippen molar-refractivity contribution >= 4 is 5.82 Å². The standard InChI is InChI=1S/C11H16FN3/c1-2-6-15(9-7-13-8-9)11-10(12)4-3-5-14-11/h3-5,9,13H,2,6-8H2,1H3. The van der Waals surface area contributed by atoms with Crippen molar-refractivity contribution < 1.29 is 4.39 Å². The molecule has 0 spiro atoms. The molecule has 82 valence electrons. The lowest BCUT2D eigenvalue weighted by Crippen LogP contribution is -2.58. The Balaban J connectivity index is 2.19. The lowest BCUT2D eigenvalue weighted by molar-refractivity contribution is 0.406. The fourth-order valence-corrected chi connectivity index (χ4v) is 1.78. The summed E-state index contributed by atoms with van der Waals surface area (Å²) < 4.78 is 13.6. The topological polar surface area (TPSA) is 28.2 Å². The van der Waals surface area contributed by atoms with E-state index in [0.717, 1.165) is 26.1 Å². The van der Waals surface area contributed by atoms with Gasteiger partial charge in [-0.1, -0.05) is 6.92 Å². The largest absolute Gasteiger partial charge is 0.349 e. The van der Waals surface area contributed by atoms with Crippen molar-refractivity contribution in [3.63, 3.8) is 0 Å². The first-order valence-corrected chi connectivity index (χ1v) is 5.40. The minimum Gasteiger partial charge on any atom is -0.349 e. The maximum absolute atomic E-state index is 13.6. The zero-order chi connectivity index (χ0) is 10.7. The van der Waals surface area contributed by atoms with Gasteiger partial charge in [0, 0.05) is 25.8 Å². The zero-order valence-corrected chi connectivity index (χ0v) is 8.91. The second kappa shape index (κ2) is 4.57. The number of rotatable bonds is 4. The molecule has 0 unspecified atom stereocenters. The van der Waals surface area contributed by atoms with E-state index < -0.39 is 0 Å². The van der Waals surface area contributed by atoms with E-state index in [1.807, 2.05) is 0 Å². The van der Waals surface area contributed by atoms with Crippen LogP contribution in [0.15, 0.2) is 18.3 Å². The number of aromatic nitrogens is 1. The molecule has 2 rings (SSSR count). The number of hydrogen-bond donors (Lipinski definition) is 1. The van der Waals surface area contributed by atoms with Crippen LogP contribution >= 0.6 is 0 Å². The van der Waals surface area contributed by atoms with Gasteiger partial charge in [-0.25, -0.2) is 9.37 Å². The number of nitrogens with zero attached hydrogens (tertiary/aromatic N) is 2. The molecule has 1 aliphatic heterocycles. The molecule has 1 aromatic heterocycles. The summed E-state index contributed by atoms with van der Waals surface area (Å²) in [6, 6.07) is 3.49. The average Bonchev–Trinajstić information content (AvgIpc) is 2.15. The van der Waals surface area contributed by atoms with Crippen molar-refractivity contribution in [2.45, 2.75) is 19.4 Å². The molecule has 1 N–H and O–H groups in total. The van der Waals surface area contributed by atoms with Gasteiger partial charge < -0.3 is 10.2 Å². The Morgan fingerprint density at radius 3 is 2.93 bits per heavy atom. The normalized spacial score (nSPS) is 16.1. The quantitative estimate of drug-likeness (QED) is 0.812. The van der Waals surface area contributed by atoms with Crippen LogP contribution in [0.1, 0.15) is 13.3 Å². The molecule has 0 bridgehead atoms. The van der Waals surface area contributed by atoms with Crippen molar-refractivity contribution in [1.82, 2.24) is 10.3 Å². The van der Waals surface area contributed by atoms with Crippen LogP contribution in [0.3, 0.4) is 0 Å². The molecule has 0 saturated carbocycles. The van der Waals surface area contributed by atoms with Gasteiger partial charge in [-0.15, -0.1) is 0 Å². The van der Waals surface area contributed by atoms with Gasteiger partial charge in [0.05, 0.1) is 6.04 Å². The highest BCUT2D eigenvalue weighted by Crippen LogP contribution is 2.19. The molecule has 2 heterocycles. The number of hydrogen-bond acceptors (Lipinski definition) is 3. The Morgan fingerprint density at radius 1 is 1.60 bits per heavy atom. The molecule has 0 radical (unpaired) electrons. The Hall–Kier alpha value is -1.16. The fraction of sp³-hybridized carbons (Fsp3) is 0.545. The van der Waals surface area contributed by atoms with Crippen molar-refractivity contribution in [2.24, 2.45) is 0 Å². The van der Waals surface area contributed by atoms with Gasteiger partial charge in [-0.05, 0) is 18.6 Å². The second-order valence-electron chi connectivity index (χ2n) is 3.81. The predicted octanol–water partition coefficient (Wildman–Crippen LogP) is 1.41. The number of anilines is 1. The van der Waals surface area contributed by atoms with Crippen LogP contribution in [0, 0.1) is 5.82 Å². The summed E-state index contributed by atoms with van der Waals surface area (Å²) in [5.41, 5.74) is 0. The Labute approximate surface area is 89.3 Å². The summed E-state index contributed by atoms with van der Waals surface area (Å²) in [6.07, 6.45) is 2.65. The summed E-state index contributed by atoms with van der Waals surface area (Å²) >= 11 is 0. The van der Waals surface area contributed by atoms with E-state index in [9.17, 15) is 4.39 Å². The highest BCUT2D eigenvalue weighted by Gasteiger charge is 2.26. The van der Waals surface area contributed by atoms with Gasteiger partial charge in [-0.2, -0.15) is 0 Å². The van der Waals surface area contributed by atoms with Gasteiger partial charge in [0.1, 0.15) is 0 Å². The highest BCUT2D eigenvalue weighted by atomic mass is 19.1. The number of halogens is 1. The van der Waals surface area contributed by atoms with Gasteiger partial charge in [0.2, 0.25) is 0 Å². The van der Waals surface area contributed by atoms with Crippen molar-refractivity contribution in [3.8, 4) is 0 Å². The summed E-state index contributed by atoms with van der Waals surface area (Å²) in [5, 5.41) is 3.20. The average molecular weight is 209 g/mol. The van der Waals surface area contributed by atoms with Gasteiger partial charge in [0.15, 0.2) is 11.6 Å². The third kappa shape index (κ3) is 2.09. The van der Waals surface area contributed by atoms with Gasteiger partial charge in [0.25, 0.3) is 0 Å². The molecule has 0 atom stereocenters. The Morgan fingerprint density at radius 2 is 2.40 bits per heavy atom. The first kappa shape index (κ1) is 10.4. The van der Waals surface area contributed by atoms with E-state index in [1.165, 1.54) is 6.07 Å². The van der Waals surface area contributed by atoms with Crippen molar-refractivity contribution in [3.05, 3.63) is 24.1 Å². The van der Waals surface area contributed by atoms with Crippen LogP contribution in [-0.2, 0) is 0 Å². The SMILES string of the molecule is CCCN(c1ncccc1F)C1CNC1. The van der Waals surface area contributed by atoms with Gasteiger partial charge in [-0.3, -0.25) is 0 Å². The van der Waals surface area contributed by atoms with Crippen molar-refractivity contribution in [2.75, 3.05) is 24.5 Å². The first-order valence-electron chi connectivity index (χ1n) is 5.40. The maximum atomic E-state index is 13.6. The molecule has 0 amide bonds.